The molecule has 1 fully saturated rings. The van der Waals surface area contributed by atoms with E-state index in [-0.39, 0.29) is 5.69 Å². The topological polar surface area (TPSA) is 80.0 Å². The Morgan fingerprint density at radius 3 is 2.89 bits per heavy atom. The zero-order valence-electron chi connectivity index (χ0n) is 9.61. The maximum Gasteiger partial charge on any atom is 0.356 e. The molecular formula is C11H12N4O3. The van der Waals surface area contributed by atoms with Crippen molar-refractivity contribution in [3.63, 3.8) is 0 Å². The molecule has 7 nitrogen and oxygen atoms in total. The van der Waals surface area contributed by atoms with Crippen molar-refractivity contribution in [3.05, 3.63) is 24.2 Å². The lowest BCUT2D eigenvalue weighted by atomic mass is 10.3. The molecule has 0 spiro atoms. The largest absolute Gasteiger partial charge is 0.476 e. The van der Waals surface area contributed by atoms with E-state index >= 15 is 0 Å². The molecule has 3 heterocycles. The van der Waals surface area contributed by atoms with Crippen LogP contribution >= 0.6 is 0 Å². The highest BCUT2D eigenvalue weighted by Crippen LogP contribution is 2.21. The number of aromatic carboxylic acids is 1. The van der Waals surface area contributed by atoms with Crippen LogP contribution in [0.2, 0.25) is 0 Å². The number of ether oxygens (including phenoxy) is 1. The number of imidazole rings is 1. The number of nitrogens with zero attached hydrogens (tertiary/aromatic N) is 4. The number of anilines is 1. The van der Waals surface area contributed by atoms with Crippen LogP contribution in [0.15, 0.2) is 18.5 Å². The highest BCUT2D eigenvalue weighted by Gasteiger charge is 2.17. The number of hydrogen-bond acceptors (Lipinski definition) is 5. The molecule has 1 aliphatic rings. The van der Waals surface area contributed by atoms with Gasteiger partial charge in [-0.05, 0) is 6.07 Å². The van der Waals surface area contributed by atoms with E-state index in [2.05, 4.69) is 15.0 Å². The lowest BCUT2D eigenvalue weighted by Gasteiger charge is -2.28. The van der Waals surface area contributed by atoms with Crippen molar-refractivity contribution in [3.8, 4) is 0 Å². The summed E-state index contributed by atoms with van der Waals surface area (Å²) < 4.78 is 6.79. The SMILES string of the molecule is O=C(O)c1cn2nccc(N3CCOCC3)c2n1. The second kappa shape index (κ2) is 4.26. The summed E-state index contributed by atoms with van der Waals surface area (Å²) in [5.41, 5.74) is 1.46. The molecule has 18 heavy (non-hydrogen) atoms. The summed E-state index contributed by atoms with van der Waals surface area (Å²) >= 11 is 0. The van der Waals surface area contributed by atoms with Gasteiger partial charge >= 0.3 is 5.97 Å². The molecule has 94 valence electrons. The molecule has 0 bridgehead atoms. The molecule has 3 rings (SSSR count). The van der Waals surface area contributed by atoms with Crippen molar-refractivity contribution in [2.75, 3.05) is 31.2 Å². The van der Waals surface area contributed by atoms with Crippen molar-refractivity contribution in [2.24, 2.45) is 0 Å². The zero-order valence-corrected chi connectivity index (χ0v) is 9.61. The van der Waals surface area contributed by atoms with Crippen LogP contribution in [0, 0.1) is 0 Å². The maximum atomic E-state index is 10.9. The molecule has 2 aromatic rings. The van der Waals surface area contributed by atoms with Crippen molar-refractivity contribution < 1.29 is 14.6 Å². The third-order valence-electron chi connectivity index (χ3n) is 2.91. The van der Waals surface area contributed by atoms with Gasteiger partial charge in [0.1, 0.15) is 0 Å². The van der Waals surface area contributed by atoms with E-state index in [0.29, 0.717) is 18.9 Å². The lowest BCUT2D eigenvalue weighted by Crippen LogP contribution is -2.36. The first kappa shape index (κ1) is 11.0. The van der Waals surface area contributed by atoms with Crippen LogP contribution < -0.4 is 4.90 Å². The van der Waals surface area contributed by atoms with Crippen LogP contribution in [-0.4, -0.2) is 52.0 Å². The number of fused-ring (bicyclic) bond motifs is 1. The predicted octanol–water partition coefficient (Wildman–Crippen LogP) is 0.264. The number of hydrogen-bond donors (Lipinski definition) is 1. The first-order valence-electron chi connectivity index (χ1n) is 5.66. The standard InChI is InChI=1S/C11H12N4O3/c16-11(17)8-7-15-10(13-8)9(1-2-12-15)14-3-5-18-6-4-14/h1-2,7H,3-6H2,(H,16,17). The van der Waals surface area contributed by atoms with Crippen LogP contribution in [0.1, 0.15) is 10.5 Å². The van der Waals surface area contributed by atoms with Gasteiger partial charge in [-0.2, -0.15) is 5.10 Å². The summed E-state index contributed by atoms with van der Waals surface area (Å²) in [4.78, 5) is 17.2. The average Bonchev–Trinajstić information content (AvgIpc) is 2.83. The third-order valence-corrected chi connectivity index (χ3v) is 2.91. The predicted molar refractivity (Wildman–Crippen MR) is 63.0 cm³/mol. The molecular weight excluding hydrogens is 236 g/mol. The molecule has 1 N–H and O–H groups in total. The number of carboxylic acids is 1. The fourth-order valence-corrected chi connectivity index (χ4v) is 2.04. The van der Waals surface area contributed by atoms with Gasteiger partial charge in [0.2, 0.25) is 0 Å². The number of rotatable bonds is 2. The second-order valence-electron chi connectivity index (χ2n) is 4.02. The molecule has 0 unspecified atom stereocenters. The van der Waals surface area contributed by atoms with E-state index in [1.54, 1.807) is 6.20 Å². The first-order valence-corrected chi connectivity index (χ1v) is 5.66. The molecule has 7 heteroatoms. The van der Waals surface area contributed by atoms with Gasteiger partial charge in [-0.15, -0.1) is 0 Å². The number of carbonyl (C=O) groups is 1. The van der Waals surface area contributed by atoms with E-state index in [9.17, 15) is 4.79 Å². The Morgan fingerprint density at radius 2 is 2.17 bits per heavy atom. The van der Waals surface area contributed by atoms with Crippen molar-refractivity contribution in [1.82, 2.24) is 14.6 Å². The molecule has 1 saturated heterocycles. The summed E-state index contributed by atoms with van der Waals surface area (Å²) in [6.07, 6.45) is 3.06. The van der Waals surface area contributed by atoms with Crippen molar-refractivity contribution in [1.29, 1.82) is 0 Å². The van der Waals surface area contributed by atoms with Gasteiger partial charge in [0.25, 0.3) is 0 Å². The minimum atomic E-state index is -1.05. The minimum absolute atomic E-state index is 0.00297. The van der Waals surface area contributed by atoms with Gasteiger partial charge in [0.15, 0.2) is 11.3 Å². The molecule has 0 aromatic carbocycles. The van der Waals surface area contributed by atoms with Crippen LogP contribution in [0.4, 0.5) is 5.69 Å². The van der Waals surface area contributed by atoms with Gasteiger partial charge in [0.05, 0.1) is 31.3 Å². The minimum Gasteiger partial charge on any atom is -0.476 e. The Kier molecular flexibility index (Phi) is 2.60. The highest BCUT2D eigenvalue weighted by molar-refractivity contribution is 5.87. The fraction of sp³-hybridized carbons (Fsp3) is 0.364. The van der Waals surface area contributed by atoms with Crippen molar-refractivity contribution in [2.45, 2.75) is 0 Å². The zero-order chi connectivity index (χ0) is 12.5. The maximum absolute atomic E-state index is 10.9. The summed E-state index contributed by atoms with van der Waals surface area (Å²) in [6, 6.07) is 1.85. The normalized spacial score (nSPS) is 16.1. The van der Waals surface area contributed by atoms with Gasteiger partial charge in [-0.3, -0.25) is 0 Å². The van der Waals surface area contributed by atoms with E-state index in [0.717, 1.165) is 18.8 Å². The van der Waals surface area contributed by atoms with E-state index in [1.807, 2.05) is 6.07 Å². The summed E-state index contributed by atoms with van der Waals surface area (Å²) in [7, 11) is 0. The van der Waals surface area contributed by atoms with E-state index < -0.39 is 5.97 Å². The van der Waals surface area contributed by atoms with Gasteiger partial charge < -0.3 is 14.7 Å². The molecule has 0 saturated carbocycles. The Balaban J connectivity index is 2.07. The van der Waals surface area contributed by atoms with Crippen LogP contribution in [0.25, 0.3) is 5.65 Å². The number of morpholine rings is 1. The Bertz CT molecular complexity index is 589. The summed E-state index contributed by atoms with van der Waals surface area (Å²) in [5, 5.41) is 13.0. The molecule has 0 aliphatic carbocycles. The summed E-state index contributed by atoms with van der Waals surface area (Å²) in [5.74, 6) is -1.05. The fourth-order valence-electron chi connectivity index (χ4n) is 2.04. The molecule has 2 aromatic heterocycles. The average molecular weight is 248 g/mol. The van der Waals surface area contributed by atoms with Crippen LogP contribution in [0.3, 0.4) is 0 Å². The smallest absolute Gasteiger partial charge is 0.356 e. The number of aromatic nitrogens is 3. The Morgan fingerprint density at radius 1 is 1.39 bits per heavy atom. The summed E-state index contributed by atoms with van der Waals surface area (Å²) in [6.45, 7) is 2.88. The molecule has 1 aliphatic heterocycles. The highest BCUT2D eigenvalue weighted by atomic mass is 16.5. The van der Waals surface area contributed by atoms with Gasteiger partial charge in [-0.1, -0.05) is 0 Å². The van der Waals surface area contributed by atoms with E-state index in [1.165, 1.54) is 10.7 Å². The third kappa shape index (κ3) is 1.78. The Labute approximate surface area is 103 Å². The molecule has 0 amide bonds. The monoisotopic (exact) mass is 248 g/mol. The second-order valence-corrected chi connectivity index (χ2v) is 4.02. The van der Waals surface area contributed by atoms with Crippen molar-refractivity contribution >= 4 is 17.3 Å². The lowest BCUT2D eigenvalue weighted by molar-refractivity contribution is 0.0691. The Hall–Kier alpha value is -2.15. The van der Waals surface area contributed by atoms with Gasteiger partial charge in [-0.25, -0.2) is 14.3 Å². The number of carboxylic acid groups (broad SMARTS) is 1. The molecule has 0 radical (unpaired) electrons. The quantitative estimate of drug-likeness (QED) is 0.821. The van der Waals surface area contributed by atoms with Gasteiger partial charge in [0, 0.05) is 13.1 Å². The first-order chi connectivity index (χ1) is 8.75. The van der Waals surface area contributed by atoms with Crippen LogP contribution in [0.5, 0.6) is 0 Å². The molecule has 0 atom stereocenters. The van der Waals surface area contributed by atoms with E-state index in [4.69, 9.17) is 9.84 Å². The van der Waals surface area contributed by atoms with Crippen LogP contribution in [-0.2, 0) is 4.74 Å².